The first kappa shape index (κ1) is 34.5. The number of alkyl carbamates (subject to hydrolysis) is 1. The number of hydrogen-bond acceptors (Lipinski definition) is 10. The maximum absolute atomic E-state index is 14.5. The van der Waals surface area contributed by atoms with Gasteiger partial charge in [0, 0.05) is 36.4 Å². The van der Waals surface area contributed by atoms with Crippen LogP contribution in [0.25, 0.3) is 22.3 Å². The fourth-order valence-corrected chi connectivity index (χ4v) is 7.68. The molecule has 0 saturated heterocycles. The van der Waals surface area contributed by atoms with Gasteiger partial charge in [-0.15, -0.1) is 6.58 Å². The lowest BCUT2D eigenvalue weighted by molar-refractivity contribution is -0.190. The van der Waals surface area contributed by atoms with Gasteiger partial charge in [-0.2, -0.15) is 0 Å². The number of rotatable bonds is 9. The topological polar surface area (TPSA) is 152 Å². The molecule has 48 heavy (non-hydrogen) atoms. The maximum Gasteiger partial charge on any atom is 0.407 e. The minimum absolute atomic E-state index is 0.0172. The number of aromatic nitrogens is 2. The Morgan fingerprint density at radius 1 is 1.19 bits per heavy atom. The van der Waals surface area contributed by atoms with Gasteiger partial charge in [-0.1, -0.05) is 25.7 Å². The summed E-state index contributed by atoms with van der Waals surface area (Å²) in [5.41, 5.74) is 0.987. The van der Waals surface area contributed by atoms with Crippen LogP contribution in [0, 0.1) is 0 Å². The quantitative estimate of drug-likeness (QED) is 0.0805. The summed E-state index contributed by atoms with van der Waals surface area (Å²) in [7, 11) is -2.58. The highest BCUT2D eigenvalue weighted by Crippen LogP contribution is 2.46. The first-order chi connectivity index (χ1) is 22.5. The van der Waals surface area contributed by atoms with Crippen molar-refractivity contribution in [3.8, 4) is 17.1 Å². The van der Waals surface area contributed by atoms with E-state index in [1.807, 2.05) is 19.2 Å². The van der Waals surface area contributed by atoms with E-state index in [0.29, 0.717) is 22.7 Å². The van der Waals surface area contributed by atoms with Crippen molar-refractivity contribution in [3.05, 3.63) is 69.7 Å². The third kappa shape index (κ3) is 6.51. The van der Waals surface area contributed by atoms with Crippen LogP contribution in [0.1, 0.15) is 76.3 Å². The van der Waals surface area contributed by atoms with E-state index in [1.54, 1.807) is 62.2 Å². The van der Waals surface area contributed by atoms with Crippen molar-refractivity contribution < 1.29 is 38.1 Å². The predicted molar refractivity (Wildman–Crippen MR) is 180 cm³/mol. The largest absolute Gasteiger partial charge is 0.458 e. The Kier molecular flexibility index (Phi) is 9.12. The second-order valence-electron chi connectivity index (χ2n) is 13.7. The zero-order valence-corrected chi connectivity index (χ0v) is 29.4. The molecule has 3 aromatic rings. The third-order valence-electron chi connectivity index (χ3n) is 8.50. The van der Waals surface area contributed by atoms with Gasteiger partial charge in [0.15, 0.2) is 0 Å². The summed E-state index contributed by atoms with van der Waals surface area (Å²) >= 11 is 0. The number of nitrogens with one attached hydrogen (secondary N) is 1. The molecule has 5 rings (SSSR count). The number of carbonyl (C=O) groups excluding carboxylic acids is 4. The molecule has 1 aromatic carbocycles. The summed E-state index contributed by atoms with van der Waals surface area (Å²) in [6, 6.07) is 8.72. The Morgan fingerprint density at radius 3 is 2.56 bits per heavy atom. The monoisotopic (exact) mass is 675 g/mol. The predicted octanol–water partition coefficient (Wildman–Crippen LogP) is 5.37. The zero-order chi connectivity index (χ0) is 35.2. The van der Waals surface area contributed by atoms with Gasteiger partial charge in [0.2, 0.25) is 5.60 Å². The minimum Gasteiger partial charge on any atom is -0.458 e. The lowest BCUT2D eigenvalue weighted by atomic mass is 9.85. The number of nitrogens with zero attached hydrogens (tertiary/aromatic N) is 2. The van der Waals surface area contributed by atoms with Crippen LogP contribution < -0.4 is 15.6 Å². The van der Waals surface area contributed by atoms with Crippen LogP contribution >= 0.6 is 0 Å². The summed E-state index contributed by atoms with van der Waals surface area (Å²) < 4.78 is 24.1. The molecule has 0 fully saturated rings. The number of fused-ring (bicyclic) bond motifs is 5. The molecule has 2 aliphatic heterocycles. The molecule has 2 aliphatic rings. The smallest absolute Gasteiger partial charge is 0.407 e. The second kappa shape index (κ2) is 12.7. The van der Waals surface area contributed by atoms with Gasteiger partial charge in [0.25, 0.3) is 5.56 Å². The van der Waals surface area contributed by atoms with E-state index in [9.17, 15) is 24.0 Å². The first-order valence-electron chi connectivity index (χ1n) is 15.9. The van der Waals surface area contributed by atoms with E-state index < -0.39 is 49.0 Å². The second-order valence-corrected chi connectivity index (χ2v) is 18.3. The summed E-state index contributed by atoms with van der Waals surface area (Å²) in [4.78, 5) is 70.1. The Balaban J connectivity index is 1.54. The number of benzene rings is 1. The molecule has 1 amide bonds. The molecule has 0 saturated carbocycles. The van der Waals surface area contributed by atoms with Gasteiger partial charge >= 0.3 is 24.0 Å². The summed E-state index contributed by atoms with van der Waals surface area (Å²) in [5, 5.41) is 3.33. The fourth-order valence-electron chi connectivity index (χ4n) is 6.03. The van der Waals surface area contributed by atoms with Gasteiger partial charge in [0.1, 0.15) is 25.2 Å². The van der Waals surface area contributed by atoms with Crippen LogP contribution in [-0.4, -0.2) is 53.8 Å². The molecule has 1 N–H and O–H groups in total. The number of carbonyl (C=O) groups is 4. The number of pyridine rings is 2. The number of cyclic esters (lactones) is 1. The van der Waals surface area contributed by atoms with Gasteiger partial charge in [0.05, 0.1) is 29.0 Å². The lowest BCUT2D eigenvalue weighted by Crippen LogP contribution is -2.53. The SMILES string of the molecule is C=C[Si](C)(C)C1OC(=O)C(CC)(OC(=O)CCCNC(=O)OC(C)(C)C)c2cc3n(c(=O)c21)Cc1cc2cc(OC(C)=O)ccc2nc1-3. The zero-order valence-electron chi connectivity index (χ0n) is 28.4. The van der Waals surface area contributed by atoms with Crippen molar-refractivity contribution in [1.82, 2.24) is 14.9 Å². The van der Waals surface area contributed by atoms with Crippen LogP contribution in [0.5, 0.6) is 5.75 Å². The number of amides is 1. The first-order valence-corrected chi connectivity index (χ1v) is 19.1. The molecule has 0 aliphatic carbocycles. The Labute approximate surface area is 279 Å². The average molecular weight is 676 g/mol. The highest BCUT2D eigenvalue weighted by Gasteiger charge is 2.55. The summed E-state index contributed by atoms with van der Waals surface area (Å²) in [6.45, 7) is 16.5. The molecule has 0 bridgehead atoms. The van der Waals surface area contributed by atoms with Crippen molar-refractivity contribution in [1.29, 1.82) is 0 Å². The van der Waals surface area contributed by atoms with Crippen LogP contribution in [0.2, 0.25) is 13.1 Å². The van der Waals surface area contributed by atoms with Crippen molar-refractivity contribution in [2.24, 2.45) is 0 Å². The summed E-state index contributed by atoms with van der Waals surface area (Å²) in [6.07, 6.45) is -0.462. The summed E-state index contributed by atoms with van der Waals surface area (Å²) in [5.74, 6) is -1.50. The van der Waals surface area contributed by atoms with E-state index >= 15 is 0 Å². The molecule has 2 unspecified atom stereocenters. The van der Waals surface area contributed by atoms with Crippen molar-refractivity contribution in [3.63, 3.8) is 0 Å². The van der Waals surface area contributed by atoms with Crippen LogP contribution in [-0.2, 0) is 40.7 Å². The van der Waals surface area contributed by atoms with E-state index in [2.05, 4.69) is 11.9 Å². The molecule has 0 radical (unpaired) electrons. The average Bonchev–Trinajstić information content (AvgIpc) is 3.36. The molecule has 13 heteroatoms. The van der Waals surface area contributed by atoms with E-state index in [-0.39, 0.29) is 49.0 Å². The van der Waals surface area contributed by atoms with Gasteiger partial charge < -0.3 is 28.8 Å². The molecule has 12 nitrogen and oxygen atoms in total. The highest BCUT2D eigenvalue weighted by molar-refractivity contribution is 6.83. The van der Waals surface area contributed by atoms with Crippen LogP contribution in [0.3, 0.4) is 0 Å². The Morgan fingerprint density at radius 2 is 1.92 bits per heavy atom. The van der Waals surface area contributed by atoms with Crippen LogP contribution in [0.15, 0.2) is 47.4 Å². The van der Waals surface area contributed by atoms with Gasteiger partial charge in [-0.3, -0.25) is 14.4 Å². The van der Waals surface area contributed by atoms with Crippen LogP contribution in [0.4, 0.5) is 4.79 Å². The van der Waals surface area contributed by atoms with Crippen molar-refractivity contribution >= 4 is 43.0 Å². The van der Waals surface area contributed by atoms with Gasteiger partial charge in [-0.05, 0) is 63.9 Å². The molecule has 2 atom stereocenters. The highest BCUT2D eigenvalue weighted by atomic mass is 28.3. The standard InChI is InChI=1S/C35H41N3O9Si/c1-9-35(46-27(40)12-11-15-36-33(43)47-34(4,5)6)24-18-26-29-22(16-21-17-23(44-20(3)39)13-14-25(21)37-29)19-38(26)30(41)28(24)31(45-32(35)42)48(7,8)10-2/h10,13-14,16-18,31H,2,9,11-12,15,19H2,1,3-8H3,(H,36,43). The number of ether oxygens (including phenoxy) is 4. The molecule has 254 valence electrons. The van der Waals surface area contributed by atoms with Crippen molar-refractivity contribution in [2.45, 2.75) is 90.4 Å². The molecule has 4 heterocycles. The van der Waals surface area contributed by atoms with Gasteiger partial charge in [-0.25, -0.2) is 14.6 Å². The van der Waals surface area contributed by atoms with E-state index in [4.69, 9.17) is 23.9 Å². The van der Waals surface area contributed by atoms with Crippen molar-refractivity contribution in [2.75, 3.05) is 6.54 Å². The molecular weight excluding hydrogens is 634 g/mol. The maximum atomic E-state index is 14.5. The fraction of sp³-hybridized carbons (Fsp3) is 0.429. The number of esters is 3. The lowest BCUT2D eigenvalue weighted by Gasteiger charge is -2.42. The molecule has 0 spiro atoms. The molecular formula is C35H41N3O9Si. The number of hydrogen-bond donors (Lipinski definition) is 1. The minimum atomic E-state index is -2.58. The van der Waals surface area contributed by atoms with E-state index in [0.717, 1.165) is 10.9 Å². The Bertz CT molecular complexity index is 1910. The van der Waals surface area contributed by atoms with E-state index in [1.165, 1.54) is 6.92 Å². The Hall–Kier alpha value is -4.78. The third-order valence-corrected chi connectivity index (χ3v) is 11.3. The molecule has 2 aromatic heterocycles. The normalized spacial score (nSPS) is 18.2.